The number of hydrogen-bond donors (Lipinski definition) is 0. The van der Waals surface area contributed by atoms with Gasteiger partial charge in [-0.05, 0) is 117 Å². The molecule has 330 valence electrons. The number of nitrogens with zero attached hydrogens (tertiary/aromatic N) is 3. The van der Waals surface area contributed by atoms with E-state index >= 15 is 0 Å². The molecule has 0 radical (unpaired) electrons. The standard InChI is InChI=1S/C66H51N3/c1-66(2,3)50-36-42-55(43-37-50)69-62-44-60(67(51-24-12-6-13-25-51)53-38-32-48(33-39-53)46-20-8-4-9-21-46)56-28-16-18-30-58(56)64(62)65-59-31-19-17-29-57(59)61(45-63(65)69)68(52-26-14-7-15-27-52)54-40-34-49(35-41-54)47-22-10-5-11-23-47/h4-45H,1-3H3. The molecule has 0 bridgehead atoms. The van der Waals surface area contributed by atoms with Gasteiger partial charge in [0.2, 0.25) is 0 Å². The van der Waals surface area contributed by atoms with Crippen LogP contribution in [-0.4, -0.2) is 4.57 Å². The lowest BCUT2D eigenvalue weighted by molar-refractivity contribution is 0.590. The van der Waals surface area contributed by atoms with Gasteiger partial charge in [-0.2, -0.15) is 0 Å². The van der Waals surface area contributed by atoms with E-state index in [9.17, 15) is 0 Å². The molecule has 0 aliphatic heterocycles. The Balaban J connectivity index is 1.17. The molecule has 0 unspecified atom stereocenters. The number of anilines is 6. The maximum atomic E-state index is 2.52. The molecule has 11 aromatic carbocycles. The van der Waals surface area contributed by atoms with Crippen molar-refractivity contribution in [1.82, 2.24) is 4.57 Å². The van der Waals surface area contributed by atoms with E-state index in [0.29, 0.717) is 0 Å². The number of aromatic nitrogens is 1. The van der Waals surface area contributed by atoms with Crippen molar-refractivity contribution in [2.45, 2.75) is 26.2 Å². The summed E-state index contributed by atoms with van der Waals surface area (Å²) in [6.45, 7) is 6.86. The van der Waals surface area contributed by atoms with Crippen molar-refractivity contribution in [1.29, 1.82) is 0 Å². The predicted molar refractivity (Wildman–Crippen MR) is 295 cm³/mol. The molecule has 3 heteroatoms. The summed E-state index contributed by atoms with van der Waals surface area (Å²) >= 11 is 0. The highest BCUT2D eigenvalue weighted by molar-refractivity contribution is 6.32. The van der Waals surface area contributed by atoms with E-state index in [1.165, 1.54) is 60.1 Å². The van der Waals surface area contributed by atoms with E-state index in [4.69, 9.17) is 0 Å². The van der Waals surface area contributed by atoms with Gasteiger partial charge in [-0.15, -0.1) is 0 Å². The van der Waals surface area contributed by atoms with Gasteiger partial charge in [0.05, 0.1) is 22.4 Å². The van der Waals surface area contributed by atoms with Crippen LogP contribution in [-0.2, 0) is 5.41 Å². The van der Waals surface area contributed by atoms with Crippen molar-refractivity contribution in [2.24, 2.45) is 0 Å². The molecule has 1 heterocycles. The maximum Gasteiger partial charge on any atom is 0.0568 e. The summed E-state index contributed by atoms with van der Waals surface area (Å²) in [5.41, 5.74) is 16.1. The Morgan fingerprint density at radius 3 is 1.00 bits per heavy atom. The van der Waals surface area contributed by atoms with Crippen LogP contribution < -0.4 is 9.80 Å². The van der Waals surface area contributed by atoms with Crippen LogP contribution in [0.3, 0.4) is 0 Å². The first-order valence-electron chi connectivity index (χ1n) is 23.9. The zero-order valence-corrected chi connectivity index (χ0v) is 39.1. The van der Waals surface area contributed by atoms with Gasteiger partial charge in [0.25, 0.3) is 0 Å². The summed E-state index contributed by atoms with van der Waals surface area (Å²) in [6.07, 6.45) is 0. The molecule has 0 aliphatic rings. The monoisotopic (exact) mass is 885 g/mol. The molecule has 0 saturated carbocycles. The van der Waals surface area contributed by atoms with Crippen molar-refractivity contribution in [3.05, 3.63) is 260 Å². The van der Waals surface area contributed by atoms with E-state index in [-0.39, 0.29) is 5.41 Å². The smallest absolute Gasteiger partial charge is 0.0568 e. The van der Waals surface area contributed by atoms with E-state index < -0.39 is 0 Å². The molecular weight excluding hydrogens is 835 g/mol. The molecule has 12 aromatic rings. The highest BCUT2D eigenvalue weighted by Crippen LogP contribution is 2.50. The highest BCUT2D eigenvalue weighted by Gasteiger charge is 2.26. The largest absolute Gasteiger partial charge is 0.310 e. The molecule has 3 nitrogen and oxygen atoms in total. The van der Waals surface area contributed by atoms with Gasteiger partial charge in [-0.1, -0.05) is 203 Å². The van der Waals surface area contributed by atoms with Gasteiger partial charge < -0.3 is 14.4 Å². The molecule has 0 spiro atoms. The number of benzene rings is 11. The van der Waals surface area contributed by atoms with Crippen LogP contribution in [0.15, 0.2) is 255 Å². The fourth-order valence-corrected chi connectivity index (χ4v) is 10.3. The Morgan fingerprint density at radius 2 is 0.623 bits per heavy atom. The minimum atomic E-state index is 0.00455. The maximum absolute atomic E-state index is 2.52. The first-order valence-corrected chi connectivity index (χ1v) is 23.9. The Labute approximate surface area is 404 Å². The van der Waals surface area contributed by atoms with E-state index in [1.807, 2.05) is 0 Å². The third-order valence-corrected chi connectivity index (χ3v) is 13.7. The summed E-state index contributed by atoms with van der Waals surface area (Å²) in [7, 11) is 0. The lowest BCUT2D eigenvalue weighted by Crippen LogP contribution is -2.11. The Kier molecular flexibility index (Phi) is 10.4. The van der Waals surface area contributed by atoms with Crippen molar-refractivity contribution < 1.29 is 0 Å². The lowest BCUT2D eigenvalue weighted by Gasteiger charge is -2.27. The van der Waals surface area contributed by atoms with E-state index in [0.717, 1.165) is 50.8 Å². The quantitative estimate of drug-likeness (QED) is 0.143. The van der Waals surface area contributed by atoms with Crippen LogP contribution in [0, 0.1) is 0 Å². The summed E-state index contributed by atoms with van der Waals surface area (Å²) < 4.78 is 2.52. The SMILES string of the molecule is CC(C)(C)c1ccc(-n2c3cc(N(c4ccccc4)c4ccc(-c5ccccc5)cc4)c4ccccc4c3c3c4ccccc4c(N(c4ccccc4)c4ccc(-c5ccccc5)cc4)cc32)cc1. The van der Waals surface area contributed by atoms with Crippen molar-refractivity contribution in [3.63, 3.8) is 0 Å². The molecule has 0 aliphatic carbocycles. The molecule has 0 fully saturated rings. The zero-order valence-electron chi connectivity index (χ0n) is 39.1. The van der Waals surface area contributed by atoms with Crippen molar-refractivity contribution in [2.75, 3.05) is 9.80 Å². The molecule has 0 amide bonds. The summed E-state index contributed by atoms with van der Waals surface area (Å²) in [4.78, 5) is 4.86. The number of para-hydroxylation sites is 2. The average molecular weight is 886 g/mol. The van der Waals surface area contributed by atoms with Crippen LogP contribution in [0.4, 0.5) is 34.1 Å². The van der Waals surface area contributed by atoms with Crippen LogP contribution in [0.5, 0.6) is 0 Å². The van der Waals surface area contributed by atoms with Gasteiger partial charge in [0, 0.05) is 50.0 Å². The van der Waals surface area contributed by atoms with Crippen LogP contribution >= 0.6 is 0 Å². The Bertz CT molecular complexity index is 3540. The van der Waals surface area contributed by atoms with Gasteiger partial charge in [0.15, 0.2) is 0 Å². The normalized spacial score (nSPS) is 11.7. The number of rotatable bonds is 9. The number of fused-ring (bicyclic) bond motifs is 7. The minimum absolute atomic E-state index is 0.00455. The van der Waals surface area contributed by atoms with Crippen molar-refractivity contribution in [3.8, 4) is 27.9 Å². The molecule has 0 N–H and O–H groups in total. The summed E-state index contributed by atoms with van der Waals surface area (Å²) in [6, 6.07) is 93.0. The molecular formula is C66H51N3. The topological polar surface area (TPSA) is 11.4 Å². The van der Waals surface area contributed by atoms with Gasteiger partial charge in [0.1, 0.15) is 0 Å². The minimum Gasteiger partial charge on any atom is -0.310 e. The first-order chi connectivity index (χ1) is 33.9. The fourth-order valence-electron chi connectivity index (χ4n) is 10.3. The fraction of sp³-hybridized carbons (Fsp3) is 0.0606. The average Bonchev–Trinajstić information content (AvgIpc) is 3.74. The Morgan fingerprint density at radius 1 is 0.304 bits per heavy atom. The third-order valence-electron chi connectivity index (χ3n) is 13.7. The molecule has 0 saturated heterocycles. The zero-order chi connectivity index (χ0) is 46.5. The van der Waals surface area contributed by atoms with Gasteiger partial charge >= 0.3 is 0 Å². The second-order valence-corrected chi connectivity index (χ2v) is 19.0. The van der Waals surface area contributed by atoms with E-state index in [1.54, 1.807) is 0 Å². The predicted octanol–water partition coefficient (Wildman–Crippen LogP) is 18.7. The van der Waals surface area contributed by atoms with Crippen LogP contribution in [0.25, 0.3) is 71.3 Å². The lowest BCUT2D eigenvalue weighted by atomic mass is 9.87. The summed E-state index contributed by atoms with van der Waals surface area (Å²) in [5, 5.41) is 7.24. The van der Waals surface area contributed by atoms with Crippen LogP contribution in [0.2, 0.25) is 0 Å². The molecule has 0 atom stereocenters. The van der Waals surface area contributed by atoms with Gasteiger partial charge in [-0.3, -0.25) is 0 Å². The van der Waals surface area contributed by atoms with Crippen molar-refractivity contribution >= 4 is 77.5 Å². The molecule has 12 rings (SSSR count). The highest BCUT2D eigenvalue weighted by atomic mass is 15.2. The Hall–Kier alpha value is -8.66. The second-order valence-electron chi connectivity index (χ2n) is 19.0. The summed E-state index contributed by atoms with van der Waals surface area (Å²) in [5.74, 6) is 0. The molecule has 69 heavy (non-hydrogen) atoms. The molecule has 1 aromatic heterocycles. The van der Waals surface area contributed by atoms with Gasteiger partial charge in [-0.25, -0.2) is 0 Å². The third kappa shape index (κ3) is 7.50. The first kappa shape index (κ1) is 41.7. The van der Waals surface area contributed by atoms with Crippen LogP contribution in [0.1, 0.15) is 26.3 Å². The number of hydrogen-bond acceptors (Lipinski definition) is 2. The second kappa shape index (κ2) is 17.2. The van der Waals surface area contributed by atoms with E-state index in [2.05, 4.69) is 290 Å².